The molecule has 2 saturated carbocycles. The van der Waals surface area contributed by atoms with Gasteiger partial charge in [-0.3, -0.25) is 0 Å². The summed E-state index contributed by atoms with van der Waals surface area (Å²) < 4.78 is 5.44. The summed E-state index contributed by atoms with van der Waals surface area (Å²) in [7, 11) is 0. The van der Waals surface area contributed by atoms with Crippen molar-refractivity contribution < 1.29 is 4.52 Å². The van der Waals surface area contributed by atoms with Gasteiger partial charge in [-0.25, -0.2) is 0 Å². The lowest BCUT2D eigenvalue weighted by atomic mass is 9.82. The van der Waals surface area contributed by atoms with Gasteiger partial charge in [-0.2, -0.15) is 4.98 Å². The van der Waals surface area contributed by atoms with Crippen molar-refractivity contribution in [3.63, 3.8) is 0 Å². The van der Waals surface area contributed by atoms with Gasteiger partial charge >= 0.3 is 0 Å². The lowest BCUT2D eigenvalue weighted by Gasteiger charge is -2.24. The average molecular weight is 263 g/mol. The van der Waals surface area contributed by atoms with Crippen LogP contribution in [0.3, 0.4) is 0 Å². The Hall–Kier alpha value is -0.900. The molecule has 1 aromatic heterocycles. The number of aromatic nitrogens is 2. The Morgan fingerprint density at radius 2 is 2.05 bits per heavy atom. The van der Waals surface area contributed by atoms with Gasteiger partial charge < -0.3 is 10.3 Å². The molecule has 1 heterocycles. The van der Waals surface area contributed by atoms with Gasteiger partial charge in [0.1, 0.15) is 0 Å². The standard InChI is InChI=1S/C15H25N3O/c1-11-5-4-6-12(9-11)14-17-13(19-18-14)10-15(16)7-2-3-8-15/h11-12H,2-10,16H2,1H3. The summed E-state index contributed by atoms with van der Waals surface area (Å²) in [5, 5.41) is 4.21. The van der Waals surface area contributed by atoms with Gasteiger partial charge in [0.15, 0.2) is 5.82 Å². The van der Waals surface area contributed by atoms with Crippen LogP contribution in [-0.2, 0) is 6.42 Å². The van der Waals surface area contributed by atoms with Gasteiger partial charge in [-0.1, -0.05) is 37.8 Å². The van der Waals surface area contributed by atoms with Gasteiger partial charge in [0.2, 0.25) is 5.89 Å². The van der Waals surface area contributed by atoms with Crippen molar-refractivity contribution in [1.29, 1.82) is 0 Å². The van der Waals surface area contributed by atoms with E-state index < -0.39 is 0 Å². The minimum Gasteiger partial charge on any atom is -0.339 e. The SMILES string of the molecule is CC1CCCC(c2noc(CC3(N)CCCC3)n2)C1. The molecule has 4 heteroatoms. The first-order chi connectivity index (χ1) is 9.15. The predicted octanol–water partition coefficient (Wildman–Crippen LogP) is 3.18. The van der Waals surface area contributed by atoms with Crippen LogP contribution in [0.2, 0.25) is 0 Å². The second kappa shape index (κ2) is 5.23. The Balaban J connectivity index is 1.65. The van der Waals surface area contributed by atoms with E-state index in [0.717, 1.165) is 36.9 Å². The van der Waals surface area contributed by atoms with Crippen LogP contribution >= 0.6 is 0 Å². The molecule has 0 amide bonds. The molecule has 3 rings (SSSR count). The highest BCUT2D eigenvalue weighted by atomic mass is 16.5. The third-order valence-corrected chi connectivity index (χ3v) is 4.89. The molecule has 0 aliphatic heterocycles. The molecule has 1 aromatic rings. The van der Waals surface area contributed by atoms with Gasteiger partial charge in [-0.15, -0.1) is 0 Å². The molecule has 0 spiro atoms. The summed E-state index contributed by atoms with van der Waals surface area (Å²) in [5.41, 5.74) is 6.28. The van der Waals surface area contributed by atoms with Crippen LogP contribution in [0.15, 0.2) is 4.52 Å². The van der Waals surface area contributed by atoms with Gasteiger partial charge in [0.05, 0.1) is 0 Å². The molecule has 0 aromatic carbocycles. The van der Waals surface area contributed by atoms with Crippen molar-refractivity contribution in [3.05, 3.63) is 11.7 Å². The van der Waals surface area contributed by atoms with Crippen LogP contribution in [-0.4, -0.2) is 15.7 Å². The molecule has 2 unspecified atom stereocenters. The van der Waals surface area contributed by atoms with E-state index in [2.05, 4.69) is 17.1 Å². The number of nitrogens with two attached hydrogens (primary N) is 1. The van der Waals surface area contributed by atoms with Crippen molar-refractivity contribution in [3.8, 4) is 0 Å². The van der Waals surface area contributed by atoms with E-state index in [4.69, 9.17) is 10.3 Å². The van der Waals surface area contributed by atoms with E-state index >= 15 is 0 Å². The van der Waals surface area contributed by atoms with Crippen molar-refractivity contribution in [1.82, 2.24) is 10.1 Å². The smallest absolute Gasteiger partial charge is 0.228 e. The largest absolute Gasteiger partial charge is 0.339 e. The predicted molar refractivity (Wildman–Crippen MR) is 73.8 cm³/mol. The summed E-state index contributed by atoms with van der Waals surface area (Å²) in [6.07, 6.45) is 10.4. The first kappa shape index (κ1) is 13.1. The zero-order valence-electron chi connectivity index (χ0n) is 11.9. The van der Waals surface area contributed by atoms with E-state index in [0.29, 0.717) is 5.92 Å². The third kappa shape index (κ3) is 2.99. The lowest BCUT2D eigenvalue weighted by molar-refractivity contribution is 0.309. The van der Waals surface area contributed by atoms with Crippen LogP contribution < -0.4 is 5.73 Å². The minimum absolute atomic E-state index is 0.0936. The fourth-order valence-electron chi connectivity index (χ4n) is 3.73. The van der Waals surface area contributed by atoms with Crippen LogP contribution in [0.5, 0.6) is 0 Å². The maximum absolute atomic E-state index is 6.37. The molecule has 0 radical (unpaired) electrons. The second-order valence-electron chi connectivity index (χ2n) is 6.76. The lowest BCUT2D eigenvalue weighted by Crippen LogP contribution is -2.38. The molecule has 0 saturated heterocycles. The molecule has 106 valence electrons. The van der Waals surface area contributed by atoms with E-state index in [1.54, 1.807) is 0 Å². The second-order valence-corrected chi connectivity index (χ2v) is 6.76. The Morgan fingerprint density at radius 3 is 2.79 bits per heavy atom. The van der Waals surface area contributed by atoms with Crippen LogP contribution in [0.1, 0.15) is 75.9 Å². The Labute approximate surface area is 115 Å². The van der Waals surface area contributed by atoms with Crippen molar-refractivity contribution in [2.45, 2.75) is 76.2 Å². The maximum Gasteiger partial charge on any atom is 0.228 e. The van der Waals surface area contributed by atoms with Crippen molar-refractivity contribution >= 4 is 0 Å². The van der Waals surface area contributed by atoms with E-state index in [1.807, 2.05) is 0 Å². The number of rotatable bonds is 3. The Bertz CT molecular complexity index is 423. The molecule has 2 fully saturated rings. The molecular weight excluding hydrogens is 238 g/mol. The highest BCUT2D eigenvalue weighted by molar-refractivity contribution is 5.02. The molecule has 2 N–H and O–H groups in total. The number of nitrogens with zero attached hydrogens (tertiary/aromatic N) is 2. The zero-order valence-corrected chi connectivity index (χ0v) is 11.9. The van der Waals surface area contributed by atoms with Crippen LogP contribution in [0, 0.1) is 5.92 Å². The quantitative estimate of drug-likeness (QED) is 0.909. The van der Waals surface area contributed by atoms with Crippen molar-refractivity contribution in [2.75, 3.05) is 0 Å². The number of hydrogen-bond donors (Lipinski definition) is 1. The summed E-state index contributed by atoms with van der Waals surface area (Å²) in [4.78, 5) is 4.62. The topological polar surface area (TPSA) is 64.9 Å². The molecule has 2 aliphatic rings. The average Bonchev–Trinajstić information content (AvgIpc) is 2.99. The van der Waals surface area contributed by atoms with Gasteiger partial charge in [-0.05, 0) is 31.6 Å². The summed E-state index contributed by atoms with van der Waals surface area (Å²) >= 11 is 0. The monoisotopic (exact) mass is 263 g/mol. The molecule has 19 heavy (non-hydrogen) atoms. The number of hydrogen-bond acceptors (Lipinski definition) is 4. The highest BCUT2D eigenvalue weighted by Crippen LogP contribution is 2.35. The summed E-state index contributed by atoms with van der Waals surface area (Å²) in [6, 6.07) is 0. The van der Waals surface area contributed by atoms with Gasteiger partial charge in [0.25, 0.3) is 0 Å². The summed E-state index contributed by atoms with van der Waals surface area (Å²) in [6.45, 7) is 2.32. The summed E-state index contributed by atoms with van der Waals surface area (Å²) in [5.74, 6) is 2.95. The maximum atomic E-state index is 6.37. The first-order valence-corrected chi connectivity index (χ1v) is 7.76. The van der Waals surface area contributed by atoms with Crippen molar-refractivity contribution in [2.24, 2.45) is 11.7 Å². The minimum atomic E-state index is -0.0936. The van der Waals surface area contributed by atoms with Gasteiger partial charge in [0, 0.05) is 17.9 Å². The first-order valence-electron chi connectivity index (χ1n) is 7.76. The van der Waals surface area contributed by atoms with E-state index in [9.17, 15) is 0 Å². The molecular formula is C15H25N3O. The third-order valence-electron chi connectivity index (χ3n) is 4.89. The Morgan fingerprint density at radius 1 is 1.26 bits per heavy atom. The molecule has 2 atom stereocenters. The van der Waals surface area contributed by atoms with Crippen LogP contribution in [0.4, 0.5) is 0 Å². The Kier molecular flexibility index (Phi) is 3.61. The fourth-order valence-corrected chi connectivity index (χ4v) is 3.73. The highest BCUT2D eigenvalue weighted by Gasteiger charge is 2.32. The zero-order chi connectivity index (χ0) is 13.3. The molecule has 4 nitrogen and oxygen atoms in total. The van der Waals surface area contributed by atoms with E-state index in [-0.39, 0.29) is 5.54 Å². The molecule has 2 aliphatic carbocycles. The fraction of sp³-hybridized carbons (Fsp3) is 0.867. The normalized spacial score (nSPS) is 30.6. The molecule has 0 bridgehead atoms. The van der Waals surface area contributed by atoms with Crippen LogP contribution in [0.25, 0.3) is 0 Å². The van der Waals surface area contributed by atoms with E-state index in [1.165, 1.54) is 38.5 Å².